The maximum absolute atomic E-state index is 12.5. The summed E-state index contributed by atoms with van der Waals surface area (Å²) < 4.78 is 5.92. The molecule has 0 unspecified atom stereocenters. The maximum Gasteiger partial charge on any atom is 0.263 e. The fraction of sp³-hybridized carbons (Fsp3) is 0.562. The minimum Gasteiger partial charge on any atom is -0.480 e. The number of carbonyl (C=O) groups is 1. The van der Waals surface area contributed by atoms with E-state index in [1.165, 1.54) is 0 Å². The molecule has 1 aliphatic rings. The number of benzene rings is 1. The van der Waals surface area contributed by atoms with Crippen molar-refractivity contribution in [2.75, 3.05) is 19.6 Å². The van der Waals surface area contributed by atoms with Gasteiger partial charge in [0.25, 0.3) is 5.91 Å². The molecule has 1 aromatic rings. The first-order valence-corrected chi connectivity index (χ1v) is 7.36. The highest BCUT2D eigenvalue weighted by Crippen LogP contribution is 2.22. The van der Waals surface area contributed by atoms with Crippen molar-refractivity contribution in [2.45, 2.75) is 32.8 Å². The van der Waals surface area contributed by atoms with Gasteiger partial charge in [-0.25, -0.2) is 0 Å². The number of hydrogen-bond acceptors (Lipinski definition) is 3. The van der Waals surface area contributed by atoms with Crippen molar-refractivity contribution in [3.63, 3.8) is 0 Å². The van der Waals surface area contributed by atoms with Crippen LogP contribution in [0.1, 0.15) is 25.3 Å². The van der Waals surface area contributed by atoms with Gasteiger partial charge in [-0.2, -0.15) is 0 Å². The highest BCUT2D eigenvalue weighted by atomic mass is 16.5. The van der Waals surface area contributed by atoms with Crippen molar-refractivity contribution in [1.82, 2.24) is 4.90 Å². The summed E-state index contributed by atoms with van der Waals surface area (Å²) in [5, 5.41) is 0. The zero-order valence-corrected chi connectivity index (χ0v) is 12.3. The number of amides is 1. The molecule has 110 valence electrons. The van der Waals surface area contributed by atoms with Crippen molar-refractivity contribution in [1.29, 1.82) is 0 Å². The predicted octanol–water partition coefficient (Wildman–Crippen LogP) is 1.96. The summed E-state index contributed by atoms with van der Waals surface area (Å²) in [6.45, 7) is 6.20. The molecule has 1 saturated heterocycles. The molecule has 0 spiro atoms. The summed E-state index contributed by atoms with van der Waals surface area (Å²) in [7, 11) is 0. The number of likely N-dealkylation sites (tertiary alicyclic amines) is 1. The Morgan fingerprint density at radius 2 is 2.25 bits per heavy atom. The van der Waals surface area contributed by atoms with Crippen LogP contribution in [0.2, 0.25) is 0 Å². The van der Waals surface area contributed by atoms with Crippen molar-refractivity contribution < 1.29 is 9.53 Å². The smallest absolute Gasteiger partial charge is 0.263 e. The Hall–Kier alpha value is -1.55. The topological polar surface area (TPSA) is 55.6 Å². The van der Waals surface area contributed by atoms with Crippen molar-refractivity contribution in [2.24, 2.45) is 11.7 Å². The molecule has 1 amide bonds. The summed E-state index contributed by atoms with van der Waals surface area (Å²) in [5.41, 5.74) is 6.73. The average molecular weight is 276 g/mol. The van der Waals surface area contributed by atoms with Gasteiger partial charge < -0.3 is 15.4 Å². The second-order valence-electron chi connectivity index (χ2n) is 5.45. The number of hydrogen-bond donors (Lipinski definition) is 1. The monoisotopic (exact) mass is 276 g/mol. The zero-order chi connectivity index (χ0) is 14.5. The number of carbonyl (C=O) groups excluding carboxylic acids is 1. The second-order valence-corrected chi connectivity index (χ2v) is 5.45. The van der Waals surface area contributed by atoms with E-state index in [4.69, 9.17) is 10.5 Å². The van der Waals surface area contributed by atoms with Gasteiger partial charge in [-0.3, -0.25) is 4.79 Å². The third-order valence-corrected chi connectivity index (χ3v) is 3.94. The second kappa shape index (κ2) is 6.75. The fourth-order valence-corrected chi connectivity index (χ4v) is 2.58. The van der Waals surface area contributed by atoms with Gasteiger partial charge in [0.1, 0.15) is 5.75 Å². The molecule has 0 saturated carbocycles. The molecular formula is C16H24N2O2. The lowest BCUT2D eigenvalue weighted by molar-refractivity contribution is -0.137. The van der Waals surface area contributed by atoms with Crippen LogP contribution in [0.5, 0.6) is 5.75 Å². The van der Waals surface area contributed by atoms with E-state index in [1.54, 1.807) is 0 Å². The van der Waals surface area contributed by atoms with Crippen LogP contribution in [0.4, 0.5) is 0 Å². The Labute approximate surface area is 120 Å². The molecule has 1 heterocycles. The Kier molecular flexibility index (Phi) is 5.01. The third kappa shape index (κ3) is 3.31. The predicted molar refractivity (Wildman–Crippen MR) is 79.6 cm³/mol. The first kappa shape index (κ1) is 14.9. The number of para-hydroxylation sites is 1. The van der Waals surface area contributed by atoms with Gasteiger partial charge in [0, 0.05) is 13.1 Å². The molecule has 1 fully saturated rings. The van der Waals surface area contributed by atoms with Crippen LogP contribution in [0.15, 0.2) is 24.3 Å². The lowest BCUT2D eigenvalue weighted by atomic mass is 10.1. The molecule has 0 aliphatic carbocycles. The highest BCUT2D eigenvalue weighted by molar-refractivity contribution is 5.81. The van der Waals surface area contributed by atoms with Gasteiger partial charge >= 0.3 is 0 Å². The van der Waals surface area contributed by atoms with Crippen molar-refractivity contribution in [3.05, 3.63) is 29.8 Å². The minimum absolute atomic E-state index is 0.0895. The molecule has 1 aromatic carbocycles. The molecule has 1 aliphatic heterocycles. The zero-order valence-electron chi connectivity index (χ0n) is 12.3. The molecule has 2 atom stereocenters. The highest BCUT2D eigenvalue weighted by Gasteiger charge is 2.30. The SMILES string of the molecule is CC[C@H](Oc1ccccc1C)C(=O)N1CC[C@H](CN)C1. The van der Waals surface area contributed by atoms with Crippen LogP contribution >= 0.6 is 0 Å². The summed E-state index contributed by atoms with van der Waals surface area (Å²) in [6, 6.07) is 7.81. The van der Waals surface area contributed by atoms with Gasteiger partial charge in [-0.1, -0.05) is 25.1 Å². The molecule has 4 heteroatoms. The molecule has 0 aromatic heterocycles. The van der Waals surface area contributed by atoms with E-state index in [-0.39, 0.29) is 5.91 Å². The van der Waals surface area contributed by atoms with Gasteiger partial charge in [0.15, 0.2) is 6.10 Å². The Balaban J connectivity index is 2.01. The first-order chi connectivity index (χ1) is 9.65. The number of rotatable bonds is 5. The Morgan fingerprint density at radius 1 is 1.50 bits per heavy atom. The van der Waals surface area contributed by atoms with Gasteiger partial charge in [0.05, 0.1) is 0 Å². The van der Waals surface area contributed by atoms with E-state index in [0.29, 0.717) is 18.9 Å². The average Bonchev–Trinajstić information content (AvgIpc) is 2.94. The van der Waals surface area contributed by atoms with Crippen LogP contribution in [0.3, 0.4) is 0 Å². The van der Waals surface area contributed by atoms with E-state index < -0.39 is 6.10 Å². The van der Waals surface area contributed by atoms with E-state index >= 15 is 0 Å². The first-order valence-electron chi connectivity index (χ1n) is 7.36. The molecule has 4 nitrogen and oxygen atoms in total. The summed E-state index contributed by atoms with van der Waals surface area (Å²) >= 11 is 0. The van der Waals surface area contributed by atoms with Crippen molar-refractivity contribution in [3.8, 4) is 5.75 Å². The normalized spacial score (nSPS) is 19.9. The fourth-order valence-electron chi connectivity index (χ4n) is 2.58. The van der Waals surface area contributed by atoms with Crippen LogP contribution in [-0.2, 0) is 4.79 Å². The van der Waals surface area contributed by atoms with Crippen LogP contribution < -0.4 is 10.5 Å². The number of nitrogens with two attached hydrogens (primary N) is 1. The van der Waals surface area contributed by atoms with Gasteiger partial charge in [-0.05, 0) is 43.9 Å². The van der Waals surface area contributed by atoms with E-state index in [9.17, 15) is 4.79 Å². The third-order valence-electron chi connectivity index (χ3n) is 3.94. The van der Waals surface area contributed by atoms with Gasteiger partial charge in [-0.15, -0.1) is 0 Å². The molecular weight excluding hydrogens is 252 g/mol. The summed E-state index contributed by atoms with van der Waals surface area (Å²) in [5.74, 6) is 1.32. The van der Waals surface area contributed by atoms with Gasteiger partial charge in [0.2, 0.25) is 0 Å². The largest absolute Gasteiger partial charge is 0.480 e. The minimum atomic E-state index is -0.396. The standard InChI is InChI=1S/C16H24N2O2/c1-3-14(20-15-7-5-4-6-12(15)2)16(19)18-9-8-13(10-17)11-18/h4-7,13-14H,3,8-11,17H2,1-2H3/t13-,14+/m1/s1. The number of nitrogens with zero attached hydrogens (tertiary/aromatic N) is 1. The number of ether oxygens (including phenoxy) is 1. The quantitative estimate of drug-likeness (QED) is 0.894. The van der Waals surface area contributed by atoms with E-state index in [2.05, 4.69) is 0 Å². The van der Waals surface area contributed by atoms with Crippen LogP contribution in [0.25, 0.3) is 0 Å². The molecule has 2 N–H and O–H groups in total. The molecule has 0 bridgehead atoms. The summed E-state index contributed by atoms with van der Waals surface area (Å²) in [6.07, 6.45) is 1.28. The lowest BCUT2D eigenvalue weighted by Crippen LogP contribution is -2.40. The lowest BCUT2D eigenvalue weighted by Gasteiger charge is -2.24. The Morgan fingerprint density at radius 3 is 2.85 bits per heavy atom. The number of aryl methyl sites for hydroxylation is 1. The van der Waals surface area contributed by atoms with Crippen LogP contribution in [0, 0.1) is 12.8 Å². The maximum atomic E-state index is 12.5. The molecule has 2 rings (SSSR count). The van der Waals surface area contributed by atoms with E-state index in [0.717, 1.165) is 30.8 Å². The van der Waals surface area contributed by atoms with Crippen LogP contribution in [-0.4, -0.2) is 36.5 Å². The summed E-state index contributed by atoms with van der Waals surface area (Å²) in [4.78, 5) is 14.4. The molecule has 20 heavy (non-hydrogen) atoms. The molecule has 0 radical (unpaired) electrons. The Bertz CT molecular complexity index is 462. The van der Waals surface area contributed by atoms with Crippen molar-refractivity contribution >= 4 is 5.91 Å². The van der Waals surface area contributed by atoms with E-state index in [1.807, 2.05) is 43.0 Å².